The van der Waals surface area contributed by atoms with E-state index in [4.69, 9.17) is 0 Å². The van der Waals surface area contributed by atoms with Crippen LogP contribution in [0, 0.1) is 0 Å². The van der Waals surface area contributed by atoms with Crippen molar-refractivity contribution in [2.45, 2.75) is 20.0 Å². The molecule has 2 heterocycles. The number of aliphatic hydroxyl groups is 1. The lowest BCUT2D eigenvalue weighted by molar-refractivity contribution is 0.281. The van der Waals surface area contributed by atoms with Crippen LogP contribution in [-0.2, 0) is 13.0 Å². The van der Waals surface area contributed by atoms with E-state index >= 15 is 0 Å². The molecule has 0 saturated heterocycles. The molecule has 0 aromatic carbocycles. The predicted octanol–water partition coefficient (Wildman–Crippen LogP) is 0.921. The van der Waals surface area contributed by atoms with Crippen molar-refractivity contribution in [2.24, 2.45) is 0 Å². The van der Waals surface area contributed by atoms with Gasteiger partial charge in [0, 0.05) is 23.7 Å². The first-order chi connectivity index (χ1) is 7.36. The Morgan fingerprint density at radius 2 is 2.27 bits per heavy atom. The molecule has 2 rings (SSSR count). The maximum atomic E-state index is 9.27. The van der Waals surface area contributed by atoms with Crippen LogP contribution in [0.1, 0.15) is 18.2 Å². The number of rotatable bonds is 3. The summed E-state index contributed by atoms with van der Waals surface area (Å²) in [5.41, 5.74) is 3.11. The molecule has 5 heteroatoms. The van der Waals surface area contributed by atoms with Crippen LogP contribution in [0.15, 0.2) is 18.6 Å². The highest BCUT2D eigenvalue weighted by atomic mass is 16.3. The van der Waals surface area contributed by atoms with Crippen molar-refractivity contribution in [3.63, 3.8) is 0 Å². The van der Waals surface area contributed by atoms with Crippen LogP contribution < -0.4 is 0 Å². The van der Waals surface area contributed by atoms with Gasteiger partial charge in [-0.25, -0.2) is 0 Å². The number of hydrogen-bond acceptors (Lipinski definition) is 4. The van der Waals surface area contributed by atoms with E-state index in [0.29, 0.717) is 11.4 Å². The van der Waals surface area contributed by atoms with E-state index in [-0.39, 0.29) is 6.61 Å². The second-order valence-electron chi connectivity index (χ2n) is 3.13. The molecule has 2 aromatic heterocycles. The van der Waals surface area contributed by atoms with Gasteiger partial charge in [-0.05, 0) is 6.42 Å². The van der Waals surface area contributed by atoms with Gasteiger partial charge in [0.05, 0.1) is 12.8 Å². The van der Waals surface area contributed by atoms with Crippen LogP contribution in [0.25, 0.3) is 11.4 Å². The Bertz CT molecular complexity index is 438. The van der Waals surface area contributed by atoms with Crippen molar-refractivity contribution in [2.75, 3.05) is 0 Å². The minimum absolute atomic E-state index is 0.0361. The van der Waals surface area contributed by atoms with Crippen molar-refractivity contribution in [1.82, 2.24) is 20.2 Å². The van der Waals surface area contributed by atoms with Crippen molar-refractivity contribution < 1.29 is 5.11 Å². The average Bonchev–Trinajstić information content (AvgIpc) is 2.72. The molecule has 0 atom stereocenters. The van der Waals surface area contributed by atoms with E-state index in [9.17, 15) is 5.11 Å². The summed E-state index contributed by atoms with van der Waals surface area (Å²) in [4.78, 5) is 8.12. The maximum Gasteiger partial charge on any atom is 0.118 e. The molecule has 0 radical (unpaired) electrons. The average molecular weight is 204 g/mol. The van der Waals surface area contributed by atoms with Crippen LogP contribution in [-0.4, -0.2) is 25.3 Å². The van der Waals surface area contributed by atoms with E-state index in [0.717, 1.165) is 17.7 Å². The Kier molecular flexibility index (Phi) is 2.73. The summed E-state index contributed by atoms with van der Waals surface area (Å²) >= 11 is 0. The van der Waals surface area contributed by atoms with E-state index in [2.05, 4.69) is 20.2 Å². The summed E-state index contributed by atoms with van der Waals surface area (Å²) in [6.45, 7) is 1.97. The second-order valence-corrected chi connectivity index (χ2v) is 3.13. The number of aryl methyl sites for hydroxylation is 1. The Hall–Kier alpha value is -1.75. The molecule has 5 nitrogen and oxygen atoms in total. The zero-order chi connectivity index (χ0) is 10.7. The topological polar surface area (TPSA) is 74.7 Å². The smallest absolute Gasteiger partial charge is 0.118 e. The number of hydrogen-bond donors (Lipinski definition) is 2. The van der Waals surface area contributed by atoms with Crippen molar-refractivity contribution >= 4 is 0 Å². The molecule has 2 aromatic rings. The largest absolute Gasteiger partial charge is 0.392 e. The highest BCUT2D eigenvalue weighted by molar-refractivity contribution is 5.58. The number of nitrogens with zero attached hydrogens (tertiary/aromatic N) is 3. The minimum Gasteiger partial charge on any atom is -0.392 e. The van der Waals surface area contributed by atoms with Crippen molar-refractivity contribution in [1.29, 1.82) is 0 Å². The van der Waals surface area contributed by atoms with Gasteiger partial charge < -0.3 is 5.11 Å². The highest BCUT2D eigenvalue weighted by Gasteiger charge is 2.13. The van der Waals surface area contributed by atoms with Crippen molar-refractivity contribution in [3.05, 3.63) is 29.8 Å². The summed E-state index contributed by atoms with van der Waals surface area (Å²) in [5, 5.41) is 16.3. The molecule has 0 unspecified atom stereocenters. The number of aromatic amines is 1. The lowest BCUT2D eigenvalue weighted by atomic mass is 10.1. The molecule has 2 N–H and O–H groups in total. The molecule has 15 heavy (non-hydrogen) atoms. The van der Waals surface area contributed by atoms with Crippen LogP contribution >= 0.6 is 0 Å². The summed E-state index contributed by atoms with van der Waals surface area (Å²) in [6, 6.07) is 0. The maximum absolute atomic E-state index is 9.27. The Labute approximate surface area is 87.2 Å². The molecule has 0 fully saturated rings. The zero-order valence-corrected chi connectivity index (χ0v) is 8.44. The van der Waals surface area contributed by atoms with E-state index in [1.807, 2.05) is 6.92 Å². The van der Waals surface area contributed by atoms with Crippen molar-refractivity contribution in [3.8, 4) is 11.4 Å². The Morgan fingerprint density at radius 3 is 2.87 bits per heavy atom. The summed E-state index contributed by atoms with van der Waals surface area (Å²) < 4.78 is 0. The molecule has 78 valence electrons. The van der Waals surface area contributed by atoms with Gasteiger partial charge in [0.25, 0.3) is 0 Å². The fourth-order valence-corrected chi connectivity index (χ4v) is 1.50. The first kappa shape index (κ1) is 9.79. The first-order valence-corrected chi connectivity index (χ1v) is 4.80. The lowest BCUT2D eigenvalue weighted by Crippen LogP contribution is -1.92. The normalized spacial score (nSPS) is 10.5. The zero-order valence-electron chi connectivity index (χ0n) is 8.44. The standard InChI is InChI=1S/C10H12N4O/c1-2-8-7(6-15)10(14-13-8)9-5-11-3-4-12-9/h3-5,15H,2,6H2,1H3,(H,13,14). The fourth-order valence-electron chi connectivity index (χ4n) is 1.50. The molecule has 0 spiro atoms. The minimum atomic E-state index is -0.0361. The Morgan fingerprint density at radius 1 is 1.40 bits per heavy atom. The van der Waals surface area contributed by atoms with Crippen LogP contribution in [0.4, 0.5) is 0 Å². The van der Waals surface area contributed by atoms with Gasteiger partial charge >= 0.3 is 0 Å². The van der Waals surface area contributed by atoms with Gasteiger partial charge in [-0.2, -0.15) is 5.10 Å². The molecular weight excluding hydrogens is 192 g/mol. The Balaban J connectivity index is 2.49. The van der Waals surface area contributed by atoms with Crippen LogP contribution in [0.5, 0.6) is 0 Å². The number of nitrogens with one attached hydrogen (secondary N) is 1. The van der Waals surface area contributed by atoms with Gasteiger partial charge in [0.15, 0.2) is 0 Å². The number of aliphatic hydroxyl groups excluding tert-OH is 1. The molecule has 0 aliphatic heterocycles. The SMILES string of the molecule is CCc1[nH]nc(-c2cnccn2)c1CO. The van der Waals surface area contributed by atoms with Crippen LogP contribution in [0.2, 0.25) is 0 Å². The monoisotopic (exact) mass is 204 g/mol. The van der Waals surface area contributed by atoms with Gasteiger partial charge in [-0.1, -0.05) is 6.92 Å². The summed E-state index contributed by atoms with van der Waals surface area (Å²) in [5.74, 6) is 0. The third-order valence-corrected chi connectivity index (χ3v) is 2.27. The summed E-state index contributed by atoms with van der Waals surface area (Å²) in [7, 11) is 0. The predicted molar refractivity (Wildman–Crippen MR) is 54.9 cm³/mol. The number of H-pyrrole nitrogens is 1. The first-order valence-electron chi connectivity index (χ1n) is 4.80. The van der Waals surface area contributed by atoms with E-state index in [1.54, 1.807) is 18.6 Å². The highest BCUT2D eigenvalue weighted by Crippen LogP contribution is 2.21. The third kappa shape index (κ3) is 1.73. The van der Waals surface area contributed by atoms with Crippen LogP contribution in [0.3, 0.4) is 0 Å². The quantitative estimate of drug-likeness (QED) is 0.779. The molecule has 0 aliphatic carbocycles. The third-order valence-electron chi connectivity index (χ3n) is 2.27. The van der Waals surface area contributed by atoms with Gasteiger partial charge in [-0.15, -0.1) is 0 Å². The second kappa shape index (κ2) is 4.18. The van der Waals surface area contributed by atoms with E-state index < -0.39 is 0 Å². The van der Waals surface area contributed by atoms with E-state index in [1.165, 1.54) is 0 Å². The van der Waals surface area contributed by atoms with Gasteiger partial charge in [-0.3, -0.25) is 15.1 Å². The molecule has 0 bridgehead atoms. The number of aromatic nitrogens is 4. The fraction of sp³-hybridized carbons (Fsp3) is 0.300. The molecule has 0 amide bonds. The molecular formula is C10H12N4O. The molecule has 0 aliphatic rings. The summed E-state index contributed by atoms with van der Waals surface area (Å²) in [6.07, 6.45) is 5.66. The van der Waals surface area contributed by atoms with Gasteiger partial charge in [0.2, 0.25) is 0 Å². The lowest BCUT2D eigenvalue weighted by Gasteiger charge is -1.99. The van der Waals surface area contributed by atoms with Gasteiger partial charge in [0.1, 0.15) is 11.4 Å². The molecule has 0 saturated carbocycles.